The van der Waals surface area contributed by atoms with E-state index in [0.29, 0.717) is 0 Å². The Hall–Kier alpha value is -1.50. The molecule has 2 aromatic heterocycles. The van der Waals surface area contributed by atoms with Gasteiger partial charge in [-0.15, -0.1) is 21.5 Å². The number of benzene rings is 1. The predicted molar refractivity (Wildman–Crippen MR) is 93.2 cm³/mol. The molecule has 0 fully saturated rings. The van der Waals surface area contributed by atoms with Crippen LogP contribution >= 0.6 is 34.3 Å². The van der Waals surface area contributed by atoms with Crippen molar-refractivity contribution in [2.45, 2.75) is 19.8 Å². The van der Waals surface area contributed by atoms with E-state index < -0.39 is 0 Å². The molecule has 114 valence electrons. The molecule has 1 aromatic carbocycles. The van der Waals surface area contributed by atoms with E-state index in [1.807, 2.05) is 30.5 Å². The Kier molecular flexibility index (Phi) is 5.02. The molecule has 2 heterocycles. The smallest absolute Gasteiger partial charge is 0.205 e. The minimum Gasteiger partial charge on any atom is -0.360 e. The van der Waals surface area contributed by atoms with Crippen LogP contribution in [0.5, 0.6) is 0 Å². The Morgan fingerprint density at radius 3 is 2.64 bits per heavy atom. The fourth-order valence-electron chi connectivity index (χ4n) is 1.97. The molecule has 0 saturated heterocycles. The maximum Gasteiger partial charge on any atom is 0.205 e. The lowest BCUT2D eigenvalue weighted by Crippen LogP contribution is -2.04. The molecule has 1 N–H and O–H groups in total. The van der Waals surface area contributed by atoms with Gasteiger partial charge in [-0.3, -0.25) is 0 Å². The summed E-state index contributed by atoms with van der Waals surface area (Å²) in [7, 11) is 0. The van der Waals surface area contributed by atoms with Gasteiger partial charge in [0.15, 0.2) is 0 Å². The standard InChI is InChI=1S/C15H15ClN4S2/c1-10-9-18-13(21-10)6-7-17-15-20-19-14(22-15)8-11-2-4-12(16)5-3-11/h2-5,9H,6-8H2,1H3,(H,17,20). The second kappa shape index (κ2) is 7.17. The van der Waals surface area contributed by atoms with Crippen molar-refractivity contribution < 1.29 is 0 Å². The topological polar surface area (TPSA) is 50.7 Å². The number of hydrogen-bond acceptors (Lipinski definition) is 6. The third kappa shape index (κ3) is 4.25. The highest BCUT2D eigenvalue weighted by atomic mass is 35.5. The highest BCUT2D eigenvalue weighted by Crippen LogP contribution is 2.20. The normalized spacial score (nSPS) is 10.8. The van der Waals surface area contributed by atoms with Gasteiger partial charge in [-0.05, 0) is 24.6 Å². The van der Waals surface area contributed by atoms with Crippen molar-refractivity contribution in [1.82, 2.24) is 15.2 Å². The molecule has 22 heavy (non-hydrogen) atoms. The summed E-state index contributed by atoms with van der Waals surface area (Å²) >= 11 is 9.21. The van der Waals surface area contributed by atoms with Crippen LogP contribution in [0.4, 0.5) is 5.13 Å². The molecular weight excluding hydrogens is 336 g/mol. The van der Waals surface area contributed by atoms with Crippen LogP contribution < -0.4 is 5.32 Å². The van der Waals surface area contributed by atoms with Gasteiger partial charge in [-0.25, -0.2) is 4.98 Å². The summed E-state index contributed by atoms with van der Waals surface area (Å²) in [6.45, 7) is 2.89. The number of halogens is 1. The van der Waals surface area contributed by atoms with Crippen molar-refractivity contribution in [3.63, 3.8) is 0 Å². The van der Waals surface area contributed by atoms with Crippen molar-refractivity contribution in [3.8, 4) is 0 Å². The van der Waals surface area contributed by atoms with Crippen molar-refractivity contribution in [2.24, 2.45) is 0 Å². The molecule has 0 aliphatic heterocycles. The monoisotopic (exact) mass is 350 g/mol. The summed E-state index contributed by atoms with van der Waals surface area (Å²) in [5.41, 5.74) is 1.19. The minimum absolute atomic E-state index is 0.751. The fraction of sp³-hybridized carbons (Fsp3) is 0.267. The van der Waals surface area contributed by atoms with E-state index in [2.05, 4.69) is 27.4 Å². The first kappa shape index (κ1) is 15.4. The van der Waals surface area contributed by atoms with E-state index in [9.17, 15) is 0 Å². The molecule has 0 aliphatic carbocycles. The number of nitrogens with zero attached hydrogens (tertiary/aromatic N) is 3. The number of aryl methyl sites for hydroxylation is 1. The summed E-state index contributed by atoms with van der Waals surface area (Å²) in [5.74, 6) is 0. The Morgan fingerprint density at radius 2 is 1.91 bits per heavy atom. The second-order valence-electron chi connectivity index (χ2n) is 4.85. The van der Waals surface area contributed by atoms with E-state index in [4.69, 9.17) is 11.6 Å². The molecule has 0 atom stereocenters. The van der Waals surface area contributed by atoms with E-state index >= 15 is 0 Å². The number of hydrogen-bond donors (Lipinski definition) is 1. The highest BCUT2D eigenvalue weighted by Gasteiger charge is 2.06. The molecule has 0 aliphatic rings. The SMILES string of the molecule is Cc1cnc(CCNc2nnc(Cc3ccc(Cl)cc3)s2)s1. The average Bonchev–Trinajstić information content (AvgIpc) is 3.11. The molecule has 4 nitrogen and oxygen atoms in total. The van der Waals surface area contributed by atoms with E-state index in [-0.39, 0.29) is 0 Å². The van der Waals surface area contributed by atoms with Crippen LogP contribution in [0.25, 0.3) is 0 Å². The molecule has 0 bridgehead atoms. The van der Waals surface area contributed by atoms with E-state index in [1.165, 1.54) is 10.4 Å². The fourth-order valence-corrected chi connectivity index (χ4v) is 3.68. The minimum atomic E-state index is 0.751. The molecule has 7 heteroatoms. The first-order chi connectivity index (χ1) is 10.7. The molecule has 3 rings (SSSR count). The van der Waals surface area contributed by atoms with Crippen molar-refractivity contribution >= 4 is 39.4 Å². The van der Waals surface area contributed by atoms with Gasteiger partial charge in [0.2, 0.25) is 5.13 Å². The third-order valence-electron chi connectivity index (χ3n) is 3.02. The zero-order chi connectivity index (χ0) is 15.4. The second-order valence-corrected chi connectivity index (χ2v) is 7.66. The van der Waals surface area contributed by atoms with Gasteiger partial charge in [-0.1, -0.05) is 35.1 Å². The van der Waals surface area contributed by atoms with Crippen LogP contribution in [-0.4, -0.2) is 21.7 Å². The van der Waals surface area contributed by atoms with Gasteiger partial charge >= 0.3 is 0 Å². The number of rotatable bonds is 6. The Bertz CT molecular complexity index is 736. The zero-order valence-corrected chi connectivity index (χ0v) is 14.4. The van der Waals surface area contributed by atoms with Crippen molar-refractivity contribution in [2.75, 3.05) is 11.9 Å². The molecule has 0 radical (unpaired) electrons. The summed E-state index contributed by atoms with van der Waals surface area (Å²) in [6.07, 6.45) is 3.60. The molecular formula is C15H15ClN4S2. The molecule has 0 saturated carbocycles. The summed E-state index contributed by atoms with van der Waals surface area (Å²) in [6, 6.07) is 7.82. The summed E-state index contributed by atoms with van der Waals surface area (Å²) in [4.78, 5) is 5.60. The quantitative estimate of drug-likeness (QED) is 0.723. The zero-order valence-electron chi connectivity index (χ0n) is 12.0. The van der Waals surface area contributed by atoms with Crippen LogP contribution in [0.1, 0.15) is 20.5 Å². The maximum atomic E-state index is 5.89. The summed E-state index contributed by atoms with van der Waals surface area (Å²) < 4.78 is 0. The van der Waals surface area contributed by atoms with Crippen LogP contribution in [0, 0.1) is 6.92 Å². The van der Waals surface area contributed by atoms with Gasteiger partial charge in [0.1, 0.15) is 5.01 Å². The van der Waals surface area contributed by atoms with Crippen LogP contribution in [0.3, 0.4) is 0 Å². The van der Waals surface area contributed by atoms with Gasteiger partial charge in [0.05, 0.1) is 5.01 Å². The lowest BCUT2D eigenvalue weighted by atomic mass is 10.2. The van der Waals surface area contributed by atoms with Gasteiger partial charge < -0.3 is 5.32 Å². The maximum absolute atomic E-state index is 5.89. The van der Waals surface area contributed by atoms with Crippen LogP contribution in [0.2, 0.25) is 5.02 Å². The Labute approximate surface area is 142 Å². The van der Waals surface area contributed by atoms with Crippen LogP contribution in [0.15, 0.2) is 30.5 Å². The summed E-state index contributed by atoms with van der Waals surface area (Å²) in [5, 5.41) is 15.5. The first-order valence-corrected chi connectivity index (χ1v) is 8.92. The lowest BCUT2D eigenvalue weighted by Gasteiger charge is -1.99. The van der Waals surface area contributed by atoms with Crippen molar-refractivity contribution in [1.29, 1.82) is 0 Å². The van der Waals surface area contributed by atoms with Crippen molar-refractivity contribution in [3.05, 3.63) is 55.9 Å². The largest absolute Gasteiger partial charge is 0.360 e. The molecule has 3 aromatic rings. The van der Waals surface area contributed by atoms with Gasteiger partial charge in [-0.2, -0.15) is 0 Å². The van der Waals surface area contributed by atoms with Gasteiger partial charge in [0, 0.05) is 35.5 Å². The number of aromatic nitrogens is 3. The molecule has 0 spiro atoms. The van der Waals surface area contributed by atoms with Crippen LogP contribution in [-0.2, 0) is 12.8 Å². The lowest BCUT2D eigenvalue weighted by molar-refractivity contribution is 0.964. The molecule has 0 unspecified atom stereocenters. The van der Waals surface area contributed by atoms with E-state index in [0.717, 1.165) is 39.6 Å². The number of anilines is 1. The highest BCUT2D eigenvalue weighted by molar-refractivity contribution is 7.15. The average molecular weight is 351 g/mol. The Morgan fingerprint density at radius 1 is 1.09 bits per heavy atom. The third-order valence-corrected chi connectivity index (χ3v) is 5.13. The molecule has 0 amide bonds. The van der Waals surface area contributed by atoms with Gasteiger partial charge in [0.25, 0.3) is 0 Å². The number of nitrogens with one attached hydrogen (secondary N) is 1. The van der Waals surface area contributed by atoms with E-state index in [1.54, 1.807) is 22.7 Å². The number of thiazole rings is 1. The first-order valence-electron chi connectivity index (χ1n) is 6.91. The Balaban J connectivity index is 1.51. The predicted octanol–water partition coefficient (Wildman–Crippen LogP) is 4.20.